The molecule has 2 aromatic carbocycles. The predicted octanol–water partition coefficient (Wildman–Crippen LogP) is 2.73. The maximum Gasteiger partial charge on any atom is 0.215 e. The molecule has 2 unspecified atom stereocenters. The van der Waals surface area contributed by atoms with Gasteiger partial charge in [0.05, 0.1) is 25.0 Å². The summed E-state index contributed by atoms with van der Waals surface area (Å²) in [5, 5.41) is 14.4. The highest BCUT2D eigenvalue weighted by atomic mass is 32.3. The summed E-state index contributed by atoms with van der Waals surface area (Å²) in [7, 11) is 1.58. The normalized spacial score (nSPS) is 21.0. The molecular formula is C23H33N3O5S2. The number of hydrazine groups is 1. The van der Waals surface area contributed by atoms with Crippen molar-refractivity contribution in [3.05, 3.63) is 41.5 Å². The number of fused-ring (bicyclic) bond motifs is 4. The summed E-state index contributed by atoms with van der Waals surface area (Å²) in [4.78, 5) is 4.16. The molecule has 4 rings (SSSR count). The van der Waals surface area contributed by atoms with E-state index < -0.39 is 10.4 Å². The Morgan fingerprint density at radius 2 is 1.82 bits per heavy atom. The van der Waals surface area contributed by atoms with Crippen molar-refractivity contribution in [1.29, 1.82) is 0 Å². The molecular weight excluding hydrogens is 462 g/mol. The maximum atomic E-state index is 9.86. The zero-order valence-electron chi connectivity index (χ0n) is 19.9. The highest BCUT2D eigenvalue weighted by molar-refractivity contribution is 7.99. The average molecular weight is 496 g/mol. The number of aryl methyl sites for hydroxylation is 1. The highest BCUT2D eigenvalue weighted by Crippen LogP contribution is 2.56. The molecule has 0 radical (unpaired) electrons. The van der Waals surface area contributed by atoms with Crippen molar-refractivity contribution < 1.29 is 27.5 Å². The van der Waals surface area contributed by atoms with Crippen LogP contribution in [0.4, 0.5) is 17.1 Å². The van der Waals surface area contributed by atoms with Gasteiger partial charge in [-0.2, -0.15) is 0 Å². The van der Waals surface area contributed by atoms with Crippen LogP contribution < -0.4 is 9.91 Å². The lowest BCUT2D eigenvalue weighted by Gasteiger charge is -2.45. The van der Waals surface area contributed by atoms with E-state index in [1.807, 2.05) is 11.8 Å². The minimum atomic E-state index is -4.92. The van der Waals surface area contributed by atoms with Crippen LogP contribution in [0.1, 0.15) is 37.3 Å². The Kier molecular flexibility index (Phi) is 7.50. The third-order valence-corrected chi connectivity index (χ3v) is 7.69. The van der Waals surface area contributed by atoms with Crippen LogP contribution in [0.25, 0.3) is 0 Å². The van der Waals surface area contributed by atoms with Crippen LogP contribution in [-0.4, -0.2) is 61.9 Å². The molecule has 33 heavy (non-hydrogen) atoms. The van der Waals surface area contributed by atoms with Crippen molar-refractivity contribution >= 4 is 39.2 Å². The molecule has 0 fully saturated rings. The van der Waals surface area contributed by atoms with Gasteiger partial charge in [-0.15, -0.1) is 0 Å². The standard InChI is InChI=1S/C23H31N3OS.H2O4S/c1-15-8-7-9-18-21(15)28-22-19(26(18)24(4)5)11-10-17-20(22)16(12-13-27)23(2,3)14-25(17)6;1-5(2,3)4/h7-11,16,27H,12-14H2,1-6H3;(H2,1,2,3,4). The first kappa shape index (κ1) is 26.0. The third kappa shape index (κ3) is 5.37. The van der Waals surface area contributed by atoms with Crippen molar-refractivity contribution in [1.82, 2.24) is 5.01 Å². The second kappa shape index (κ2) is 9.53. The monoisotopic (exact) mass is 495 g/mol. The van der Waals surface area contributed by atoms with Gasteiger partial charge in [0.1, 0.15) is 5.69 Å². The van der Waals surface area contributed by atoms with Gasteiger partial charge in [-0.05, 0) is 31.0 Å². The van der Waals surface area contributed by atoms with Crippen LogP contribution >= 0.6 is 11.8 Å². The molecule has 10 heteroatoms. The molecule has 0 amide bonds. The molecule has 0 aliphatic carbocycles. The predicted molar refractivity (Wildman–Crippen MR) is 130 cm³/mol. The fourth-order valence-electron chi connectivity index (χ4n) is 5.14. The van der Waals surface area contributed by atoms with E-state index in [1.54, 1.807) is 0 Å². The molecule has 2 aromatic rings. The van der Waals surface area contributed by atoms with Crippen molar-refractivity contribution in [2.24, 2.45) is 5.41 Å². The van der Waals surface area contributed by atoms with Gasteiger partial charge in [0.15, 0.2) is 0 Å². The quantitative estimate of drug-likeness (QED) is 0.441. The summed E-state index contributed by atoms with van der Waals surface area (Å²) >= 11 is 1.91. The Hall–Kier alpha value is -1.66. The molecule has 182 valence electrons. The molecule has 0 saturated heterocycles. The molecule has 2 aliphatic rings. The van der Waals surface area contributed by atoms with Gasteiger partial charge >= 0.3 is 0 Å². The Balaban J connectivity index is 0.000000555. The number of benzene rings is 2. The number of rotatable bonds is 3. The van der Waals surface area contributed by atoms with Gasteiger partial charge in [0.2, 0.25) is 10.4 Å². The first-order chi connectivity index (χ1) is 15.3. The minimum absolute atomic E-state index is 0.143. The number of hydrogen-bond donors (Lipinski definition) is 3. The number of anilines is 2. The van der Waals surface area contributed by atoms with E-state index in [2.05, 4.69) is 82.3 Å². The molecule has 3 N–H and O–H groups in total. The zero-order valence-corrected chi connectivity index (χ0v) is 21.5. The third-order valence-electron chi connectivity index (χ3n) is 6.32. The molecule has 2 heterocycles. The lowest BCUT2D eigenvalue weighted by atomic mass is 9.69. The summed E-state index contributed by atoms with van der Waals surface area (Å²) in [6, 6.07) is 11.1. The Morgan fingerprint density at radius 3 is 2.39 bits per heavy atom. The molecule has 2 atom stereocenters. The smallest absolute Gasteiger partial charge is 0.215 e. The topological polar surface area (TPSA) is 109 Å². The fourth-order valence-corrected chi connectivity index (χ4v) is 6.45. The largest absolute Gasteiger partial charge is 0.726 e. The Labute approximate surface area is 200 Å². The number of aliphatic hydroxyl groups excluding tert-OH is 1. The minimum Gasteiger partial charge on any atom is -0.726 e. The van der Waals surface area contributed by atoms with Gasteiger partial charge in [-0.25, -0.2) is 13.4 Å². The summed E-state index contributed by atoms with van der Waals surface area (Å²) in [5.74, 6) is 0.355. The van der Waals surface area contributed by atoms with Gasteiger partial charge in [0, 0.05) is 53.5 Å². The molecule has 2 aliphatic heterocycles. The fraction of sp³-hybridized carbons (Fsp3) is 0.478. The van der Waals surface area contributed by atoms with E-state index in [0.29, 0.717) is 5.92 Å². The van der Waals surface area contributed by atoms with E-state index in [9.17, 15) is 5.11 Å². The lowest BCUT2D eigenvalue weighted by molar-refractivity contribution is -0.822. The van der Waals surface area contributed by atoms with Gasteiger partial charge in [0.25, 0.3) is 0 Å². The van der Waals surface area contributed by atoms with Crippen molar-refractivity contribution in [2.75, 3.05) is 39.3 Å². The van der Waals surface area contributed by atoms with E-state index in [4.69, 9.17) is 17.5 Å². The zero-order chi connectivity index (χ0) is 24.7. The Bertz CT molecular complexity index is 1130. The van der Waals surface area contributed by atoms with Crippen molar-refractivity contribution in [2.45, 2.75) is 42.9 Å². The Morgan fingerprint density at radius 1 is 1.21 bits per heavy atom. The molecule has 8 nitrogen and oxygen atoms in total. The summed E-state index contributed by atoms with van der Waals surface area (Å²) in [5.41, 5.74) is 6.78. The van der Waals surface area contributed by atoms with Crippen LogP contribution in [0.2, 0.25) is 0 Å². The molecule has 0 bridgehead atoms. The van der Waals surface area contributed by atoms with Crippen LogP contribution in [-0.2, 0) is 10.4 Å². The molecule has 0 aromatic heterocycles. The van der Waals surface area contributed by atoms with E-state index in [0.717, 1.165) is 13.0 Å². The van der Waals surface area contributed by atoms with E-state index in [-0.39, 0.29) is 12.0 Å². The highest BCUT2D eigenvalue weighted by Gasteiger charge is 2.44. The molecule has 0 spiro atoms. The number of hydrogen-bond acceptors (Lipinski definition) is 7. The average Bonchev–Trinajstić information content (AvgIpc) is 2.67. The van der Waals surface area contributed by atoms with Crippen LogP contribution in [0.3, 0.4) is 0 Å². The van der Waals surface area contributed by atoms with Gasteiger partial charge < -0.3 is 14.6 Å². The van der Waals surface area contributed by atoms with Crippen molar-refractivity contribution in [3.8, 4) is 0 Å². The number of nitrogens with zero attached hydrogens (tertiary/aromatic N) is 2. The summed E-state index contributed by atoms with van der Waals surface area (Å²) in [6.07, 6.45) is 0.812. The van der Waals surface area contributed by atoms with Crippen LogP contribution in [0.5, 0.6) is 0 Å². The molecule has 0 saturated carbocycles. The van der Waals surface area contributed by atoms with Gasteiger partial charge in [-0.1, -0.05) is 37.7 Å². The van der Waals surface area contributed by atoms with E-state index >= 15 is 0 Å². The second-order valence-corrected chi connectivity index (χ2v) is 11.4. The first-order valence-corrected chi connectivity index (χ1v) is 13.0. The van der Waals surface area contributed by atoms with E-state index in [1.165, 1.54) is 42.9 Å². The summed E-state index contributed by atoms with van der Waals surface area (Å²) in [6.45, 7) is 8.23. The van der Waals surface area contributed by atoms with Crippen LogP contribution in [0.15, 0.2) is 40.1 Å². The van der Waals surface area contributed by atoms with Crippen molar-refractivity contribution in [3.63, 3.8) is 0 Å². The second-order valence-electron chi connectivity index (χ2n) is 9.50. The lowest BCUT2D eigenvalue weighted by Crippen LogP contribution is -3.06. The van der Waals surface area contributed by atoms with Gasteiger partial charge in [-0.3, -0.25) is 9.56 Å². The SMILES string of the molecule is Cc1cccc2c1Sc1c(ccc3c1C(CCO)C(C)(C)C[NH+]3C)N2N(C)C.O=S(=O)([O-])O. The number of quaternary nitrogens is 1. The number of nitrogens with one attached hydrogen (secondary N) is 1. The van der Waals surface area contributed by atoms with Crippen LogP contribution in [0, 0.1) is 12.3 Å². The number of aliphatic hydroxyl groups is 1. The maximum absolute atomic E-state index is 9.86. The first-order valence-electron chi connectivity index (χ1n) is 10.8. The summed E-state index contributed by atoms with van der Waals surface area (Å²) < 4.78 is 32.8.